The highest BCUT2D eigenvalue weighted by Crippen LogP contribution is 2.45. The fourth-order valence-electron chi connectivity index (χ4n) is 3.03. The number of fused-ring (bicyclic) bond motifs is 3. The number of hydrogen-bond acceptors (Lipinski definition) is 2. The zero-order valence-corrected chi connectivity index (χ0v) is 12.1. The molecule has 4 rings (SSSR count). The van der Waals surface area contributed by atoms with Crippen LogP contribution >= 0.6 is 0 Å². The minimum atomic E-state index is 0.776. The van der Waals surface area contributed by atoms with E-state index >= 15 is 0 Å². The maximum atomic E-state index is 6.00. The Morgan fingerprint density at radius 1 is 0.591 bits per heavy atom. The zero-order valence-electron chi connectivity index (χ0n) is 12.1. The van der Waals surface area contributed by atoms with Crippen LogP contribution in [0.3, 0.4) is 0 Å². The van der Waals surface area contributed by atoms with Crippen molar-refractivity contribution in [3.8, 4) is 11.1 Å². The molecule has 0 aliphatic heterocycles. The summed E-state index contributed by atoms with van der Waals surface area (Å²) in [6.07, 6.45) is 2.20. The monoisotopic (exact) mass is 284 g/mol. The first kappa shape index (κ1) is 12.7. The highest BCUT2D eigenvalue weighted by atomic mass is 14.5. The van der Waals surface area contributed by atoms with Crippen LogP contribution in [0.4, 0.5) is 11.4 Å². The first-order valence-corrected chi connectivity index (χ1v) is 7.29. The smallest absolute Gasteiger partial charge is 0.0320 e. The maximum absolute atomic E-state index is 6.00. The Bertz CT molecular complexity index is 890. The van der Waals surface area contributed by atoms with Crippen molar-refractivity contribution in [2.75, 3.05) is 11.5 Å². The molecule has 1 aliphatic rings. The summed E-state index contributed by atoms with van der Waals surface area (Å²) in [6, 6.07) is 22.5. The van der Waals surface area contributed by atoms with Gasteiger partial charge in [0.05, 0.1) is 0 Å². The van der Waals surface area contributed by atoms with Gasteiger partial charge in [-0.15, -0.1) is 0 Å². The van der Waals surface area contributed by atoms with Crippen molar-refractivity contribution in [2.45, 2.75) is 0 Å². The van der Waals surface area contributed by atoms with Crippen LogP contribution in [0.1, 0.15) is 16.7 Å². The number of benzene rings is 3. The molecule has 0 fully saturated rings. The van der Waals surface area contributed by atoms with Crippen molar-refractivity contribution in [1.29, 1.82) is 0 Å². The summed E-state index contributed by atoms with van der Waals surface area (Å²) in [5.41, 5.74) is 20.6. The van der Waals surface area contributed by atoms with E-state index in [1.54, 1.807) is 0 Å². The average Bonchev–Trinajstić information content (AvgIpc) is 2.83. The molecular weight excluding hydrogens is 268 g/mol. The minimum absolute atomic E-state index is 0.776. The second-order valence-electron chi connectivity index (χ2n) is 5.58. The number of hydrogen-bond donors (Lipinski definition) is 2. The van der Waals surface area contributed by atoms with E-state index in [1.807, 2.05) is 30.3 Å². The van der Waals surface area contributed by atoms with Crippen LogP contribution in [0, 0.1) is 0 Å². The molecule has 3 aromatic rings. The quantitative estimate of drug-likeness (QED) is 0.508. The summed E-state index contributed by atoms with van der Waals surface area (Å²) in [6.45, 7) is 0. The normalized spacial score (nSPS) is 13.9. The molecular formula is C20H16N2. The number of nitrogen functional groups attached to an aromatic ring is 2. The van der Waals surface area contributed by atoms with E-state index in [2.05, 4.69) is 42.5 Å². The molecule has 0 aromatic heterocycles. The fraction of sp³-hybridized carbons (Fsp3) is 0. The molecule has 4 N–H and O–H groups in total. The van der Waals surface area contributed by atoms with Crippen molar-refractivity contribution < 1.29 is 0 Å². The zero-order chi connectivity index (χ0) is 15.1. The van der Waals surface area contributed by atoms with Crippen LogP contribution in [0.15, 0.2) is 66.7 Å². The van der Waals surface area contributed by atoms with Gasteiger partial charge < -0.3 is 11.5 Å². The topological polar surface area (TPSA) is 52.0 Å². The molecule has 0 spiro atoms. The summed E-state index contributed by atoms with van der Waals surface area (Å²) in [5.74, 6) is 0. The molecule has 1 aliphatic carbocycles. The van der Waals surface area contributed by atoms with Gasteiger partial charge in [0.25, 0.3) is 0 Å². The third-order valence-electron chi connectivity index (χ3n) is 4.09. The second kappa shape index (κ2) is 4.78. The van der Waals surface area contributed by atoms with Crippen LogP contribution in [0.25, 0.3) is 22.8 Å². The molecule has 0 saturated carbocycles. The van der Waals surface area contributed by atoms with E-state index in [-0.39, 0.29) is 0 Å². The lowest BCUT2D eigenvalue weighted by Crippen LogP contribution is -1.88. The number of rotatable bonds is 1. The standard InChI is InChI=1S/C20H16N2/c21-14-7-5-13(6-8-14)11-19-17-4-2-1-3-16(17)18-10-9-15(22)12-20(18)19/h1-12H,21-22H2/b19-11-. The average molecular weight is 284 g/mol. The largest absolute Gasteiger partial charge is 0.399 e. The molecule has 22 heavy (non-hydrogen) atoms. The van der Waals surface area contributed by atoms with Crippen LogP contribution in [0.2, 0.25) is 0 Å². The van der Waals surface area contributed by atoms with Gasteiger partial charge in [-0.1, -0.05) is 42.5 Å². The lowest BCUT2D eigenvalue weighted by atomic mass is 10.0. The Hall–Kier alpha value is -3.00. The highest BCUT2D eigenvalue weighted by Gasteiger charge is 2.22. The van der Waals surface area contributed by atoms with E-state index in [1.165, 1.54) is 27.8 Å². The van der Waals surface area contributed by atoms with Gasteiger partial charge in [-0.05, 0) is 63.7 Å². The predicted octanol–water partition coefficient (Wildman–Crippen LogP) is 4.42. The Balaban J connectivity index is 1.96. The molecule has 0 atom stereocenters. The molecule has 0 radical (unpaired) electrons. The summed E-state index contributed by atoms with van der Waals surface area (Å²) in [7, 11) is 0. The van der Waals surface area contributed by atoms with Crippen molar-refractivity contribution in [3.63, 3.8) is 0 Å². The van der Waals surface area contributed by atoms with Gasteiger partial charge in [0.1, 0.15) is 0 Å². The van der Waals surface area contributed by atoms with E-state index < -0.39 is 0 Å². The predicted molar refractivity (Wildman–Crippen MR) is 94.1 cm³/mol. The summed E-state index contributed by atoms with van der Waals surface area (Å²) in [4.78, 5) is 0. The van der Waals surface area contributed by atoms with Gasteiger partial charge in [0, 0.05) is 11.4 Å². The molecule has 2 heteroatoms. The van der Waals surface area contributed by atoms with Crippen molar-refractivity contribution >= 4 is 23.0 Å². The van der Waals surface area contributed by atoms with E-state index in [4.69, 9.17) is 11.5 Å². The van der Waals surface area contributed by atoms with Gasteiger partial charge in [0.15, 0.2) is 0 Å². The first-order chi connectivity index (χ1) is 10.7. The minimum Gasteiger partial charge on any atom is -0.399 e. The van der Waals surface area contributed by atoms with E-state index in [0.29, 0.717) is 0 Å². The third-order valence-corrected chi connectivity index (χ3v) is 4.09. The molecule has 106 valence electrons. The fourth-order valence-corrected chi connectivity index (χ4v) is 3.03. The molecule has 0 unspecified atom stereocenters. The van der Waals surface area contributed by atoms with Crippen LogP contribution in [0.5, 0.6) is 0 Å². The van der Waals surface area contributed by atoms with Gasteiger partial charge in [-0.3, -0.25) is 0 Å². The SMILES string of the molecule is Nc1ccc(/C=C2/c3ccccc3-c3ccc(N)cc32)cc1. The first-order valence-electron chi connectivity index (χ1n) is 7.29. The lowest BCUT2D eigenvalue weighted by Gasteiger charge is -2.04. The summed E-state index contributed by atoms with van der Waals surface area (Å²) >= 11 is 0. The Kier molecular flexibility index (Phi) is 2.76. The van der Waals surface area contributed by atoms with Crippen molar-refractivity contribution in [3.05, 3.63) is 83.4 Å². The van der Waals surface area contributed by atoms with Gasteiger partial charge in [-0.2, -0.15) is 0 Å². The Labute approximate surface area is 129 Å². The van der Waals surface area contributed by atoms with Gasteiger partial charge in [-0.25, -0.2) is 0 Å². The van der Waals surface area contributed by atoms with Gasteiger partial charge in [0.2, 0.25) is 0 Å². The molecule has 0 heterocycles. The van der Waals surface area contributed by atoms with Crippen LogP contribution in [-0.4, -0.2) is 0 Å². The van der Waals surface area contributed by atoms with E-state index in [0.717, 1.165) is 16.9 Å². The van der Waals surface area contributed by atoms with Crippen molar-refractivity contribution in [2.24, 2.45) is 0 Å². The highest BCUT2D eigenvalue weighted by molar-refractivity contribution is 6.07. The van der Waals surface area contributed by atoms with Crippen molar-refractivity contribution in [1.82, 2.24) is 0 Å². The maximum Gasteiger partial charge on any atom is 0.0320 e. The summed E-state index contributed by atoms with van der Waals surface area (Å²) < 4.78 is 0. The molecule has 0 bridgehead atoms. The van der Waals surface area contributed by atoms with Crippen LogP contribution in [-0.2, 0) is 0 Å². The van der Waals surface area contributed by atoms with E-state index in [9.17, 15) is 0 Å². The van der Waals surface area contributed by atoms with Gasteiger partial charge >= 0.3 is 0 Å². The summed E-state index contributed by atoms with van der Waals surface area (Å²) in [5, 5.41) is 0. The third kappa shape index (κ3) is 1.97. The number of anilines is 2. The molecule has 3 aromatic carbocycles. The molecule has 0 saturated heterocycles. The lowest BCUT2D eigenvalue weighted by molar-refractivity contribution is 1.63. The number of nitrogens with two attached hydrogens (primary N) is 2. The second-order valence-corrected chi connectivity index (χ2v) is 5.58. The molecule has 0 amide bonds. The van der Waals surface area contributed by atoms with Crippen LogP contribution < -0.4 is 11.5 Å². The Morgan fingerprint density at radius 2 is 1.23 bits per heavy atom. The Morgan fingerprint density at radius 3 is 2.00 bits per heavy atom. The molecule has 2 nitrogen and oxygen atoms in total.